The Kier molecular flexibility index (Phi) is 26.8. The number of sulfonamides is 2. The number of hydrogen-bond donors (Lipinski definition) is 4. The van der Waals surface area contributed by atoms with E-state index in [2.05, 4.69) is 44.0 Å². The van der Waals surface area contributed by atoms with Gasteiger partial charge in [-0.2, -0.15) is 0 Å². The van der Waals surface area contributed by atoms with Gasteiger partial charge in [0.2, 0.25) is 20.0 Å². The molecule has 4 saturated carbocycles. The van der Waals surface area contributed by atoms with Gasteiger partial charge in [0, 0.05) is 73.9 Å². The Morgan fingerprint density at radius 3 is 1.08 bits per heavy atom. The number of halogens is 4. The zero-order valence-electron chi connectivity index (χ0n) is 42.9. The minimum atomic E-state index is -3.42. The third-order valence-corrected chi connectivity index (χ3v) is 22.0. The van der Waals surface area contributed by atoms with E-state index >= 15 is 0 Å². The quantitative estimate of drug-likeness (QED) is 0.0559. The molecule has 6 rings (SSSR count). The third-order valence-electron chi connectivity index (χ3n) is 16.4. The van der Waals surface area contributed by atoms with Gasteiger partial charge in [-0.05, 0) is 138 Å². The van der Waals surface area contributed by atoms with E-state index in [9.17, 15) is 21.6 Å². The lowest BCUT2D eigenvalue weighted by Crippen LogP contribution is -2.53. The maximum atomic E-state index is 13.1. The van der Waals surface area contributed by atoms with Crippen molar-refractivity contribution >= 4 is 72.5 Å². The van der Waals surface area contributed by atoms with Crippen LogP contribution in [0.25, 0.3) is 0 Å². The van der Waals surface area contributed by atoms with Crippen molar-refractivity contribution in [1.29, 1.82) is 0 Å². The molecule has 6 fully saturated rings. The Labute approximate surface area is 452 Å². The molecule has 4 aliphatic carbocycles. The molecule has 6 aliphatic rings. The fourth-order valence-corrected chi connectivity index (χ4v) is 17.8. The van der Waals surface area contributed by atoms with Crippen LogP contribution in [0.3, 0.4) is 0 Å². The van der Waals surface area contributed by atoms with Crippen LogP contribution in [0.1, 0.15) is 77.0 Å². The number of urea groups is 1. The Morgan fingerprint density at radius 2 is 0.736 bits per heavy atom. The van der Waals surface area contributed by atoms with E-state index in [1.807, 2.05) is 0 Å². The molecular weight excluding hydrogens is 1050 g/mol. The molecule has 10 atom stereocenters. The summed E-state index contributed by atoms with van der Waals surface area (Å²) >= 11 is 26.8. The third kappa shape index (κ3) is 19.7. The lowest BCUT2D eigenvalue weighted by atomic mass is 9.63. The van der Waals surface area contributed by atoms with Gasteiger partial charge in [-0.3, -0.25) is 0 Å². The highest BCUT2D eigenvalue weighted by Gasteiger charge is 2.49. The minimum absolute atomic E-state index is 0.114. The molecule has 17 nitrogen and oxygen atoms in total. The first-order valence-corrected chi connectivity index (χ1v) is 31.8. The Morgan fingerprint density at radius 1 is 0.431 bits per heavy atom. The first-order chi connectivity index (χ1) is 34.6. The molecule has 0 aromatic heterocycles. The molecule has 420 valence electrons. The highest BCUT2D eigenvalue weighted by atomic mass is 35.5. The van der Waals surface area contributed by atoms with E-state index in [-0.39, 0.29) is 64.3 Å². The van der Waals surface area contributed by atoms with Crippen molar-refractivity contribution in [2.24, 2.45) is 47.3 Å². The number of carbonyl (C=O) groups excluding carboxylic acids is 1. The number of nitrogens with zero attached hydrogens (tertiary/aromatic N) is 2. The number of nitrogens with one attached hydrogen (secondary N) is 4. The number of fused-ring (bicyclic) bond motifs is 2. The SMILES string of the molecule is CN1CC2C(Cl)CC(Cl)CC2[C@H](C2CCC(S(=O)(=O)NCCOCCOCCOCCNC(=O)NCCOCCOCCOCCNS(=O)(=O)C3CCC([C@@H]4CN(C)CC5C(Cl)CC(Cl)CC54)CC3)CC2)C1. The van der Waals surface area contributed by atoms with Gasteiger partial charge in [0.15, 0.2) is 0 Å². The summed E-state index contributed by atoms with van der Waals surface area (Å²) in [5.41, 5.74) is 0. The van der Waals surface area contributed by atoms with Gasteiger partial charge in [0.05, 0.1) is 89.8 Å². The normalized spacial score (nSPS) is 34.0. The number of carbonyl (C=O) groups is 1. The van der Waals surface area contributed by atoms with E-state index in [1.54, 1.807) is 0 Å². The molecule has 0 bridgehead atoms. The molecular formula is C49H88Cl4N6O11S2. The smallest absolute Gasteiger partial charge is 0.314 e. The summed E-state index contributed by atoms with van der Waals surface area (Å²) in [5.74, 6) is 4.02. The maximum Gasteiger partial charge on any atom is 0.314 e. The summed E-state index contributed by atoms with van der Waals surface area (Å²) in [6.45, 7) is 9.31. The zero-order valence-corrected chi connectivity index (χ0v) is 47.6. The molecule has 2 heterocycles. The number of piperidine rings is 2. The van der Waals surface area contributed by atoms with Crippen molar-refractivity contribution < 1.29 is 50.1 Å². The second-order valence-electron chi connectivity index (χ2n) is 21.4. The van der Waals surface area contributed by atoms with Gasteiger partial charge < -0.3 is 48.9 Å². The monoisotopic (exact) mass is 1140 g/mol. The van der Waals surface area contributed by atoms with Crippen LogP contribution in [0.15, 0.2) is 0 Å². The lowest BCUT2D eigenvalue weighted by molar-refractivity contribution is 0.0108. The van der Waals surface area contributed by atoms with Gasteiger partial charge in [-0.25, -0.2) is 31.1 Å². The summed E-state index contributed by atoms with van der Waals surface area (Å²) in [4.78, 5) is 16.9. The van der Waals surface area contributed by atoms with Gasteiger partial charge >= 0.3 is 6.03 Å². The van der Waals surface area contributed by atoms with Crippen LogP contribution in [0, 0.1) is 47.3 Å². The molecule has 0 aromatic rings. The summed E-state index contributed by atoms with van der Waals surface area (Å²) in [5, 5.41) is 5.20. The van der Waals surface area contributed by atoms with E-state index < -0.39 is 20.0 Å². The molecule has 0 aromatic carbocycles. The standard InChI is InChI=1S/C49H88Cl4N6O11S2/c1-58-31-43(41-27-37(50)29-47(52)45(41)33-58)35-3-7-39(8-4-35)71(61,62)56-13-17-67-21-25-69-23-19-65-15-11-54-49(60)55-12-16-66-20-24-70-26-22-68-18-14-57-72(63,64)40-9-5-36(6-10-40)44-32-59(2)34-46-42(44)28-38(51)30-48(46)53/h35-48,56-57H,3-34H2,1-2H3,(H2,54,55,60)/t35?,36?,37?,38?,39?,40?,41?,42?,43-,44-,45?,46?,47?,48?/m0/s1. The number of hydrogen-bond acceptors (Lipinski definition) is 13. The van der Waals surface area contributed by atoms with Crippen LogP contribution in [-0.2, 0) is 48.5 Å². The maximum absolute atomic E-state index is 13.1. The lowest BCUT2D eigenvalue weighted by Gasteiger charge is -2.51. The van der Waals surface area contributed by atoms with E-state index in [0.29, 0.717) is 152 Å². The molecule has 72 heavy (non-hydrogen) atoms. The number of alkyl halides is 4. The van der Waals surface area contributed by atoms with E-state index in [1.165, 1.54) is 0 Å². The average Bonchev–Trinajstić information content (AvgIpc) is 3.34. The number of rotatable bonds is 30. The zero-order chi connectivity index (χ0) is 51.5. The average molecular weight is 1140 g/mol. The molecule has 2 amide bonds. The molecule has 0 spiro atoms. The van der Waals surface area contributed by atoms with Gasteiger partial charge in [0.25, 0.3) is 0 Å². The largest absolute Gasteiger partial charge is 0.378 e. The van der Waals surface area contributed by atoms with E-state index in [4.69, 9.17) is 74.8 Å². The summed E-state index contributed by atoms with van der Waals surface area (Å²) in [7, 11) is -2.49. The van der Waals surface area contributed by atoms with Crippen molar-refractivity contribution in [3.05, 3.63) is 0 Å². The first-order valence-electron chi connectivity index (χ1n) is 27.0. The molecule has 4 N–H and O–H groups in total. The molecule has 2 saturated heterocycles. The highest BCUT2D eigenvalue weighted by molar-refractivity contribution is 7.90. The topological polar surface area (TPSA) is 195 Å². The van der Waals surface area contributed by atoms with Crippen LogP contribution in [0.5, 0.6) is 0 Å². The number of ether oxygens (including phenoxy) is 6. The van der Waals surface area contributed by atoms with Gasteiger partial charge in [-0.15, -0.1) is 46.4 Å². The Bertz CT molecular complexity index is 1670. The fraction of sp³-hybridized carbons (Fsp3) is 0.980. The summed E-state index contributed by atoms with van der Waals surface area (Å²) < 4.78 is 91.1. The van der Waals surface area contributed by atoms with Crippen LogP contribution < -0.4 is 20.1 Å². The van der Waals surface area contributed by atoms with Crippen LogP contribution in [0.2, 0.25) is 0 Å². The Hall–Kier alpha value is -0.0700. The van der Waals surface area contributed by atoms with Crippen LogP contribution in [0.4, 0.5) is 4.79 Å². The summed E-state index contributed by atoms with van der Waals surface area (Å²) in [6, 6.07) is -0.318. The summed E-state index contributed by atoms with van der Waals surface area (Å²) in [6.07, 6.45) is 10.1. The van der Waals surface area contributed by atoms with Gasteiger partial charge in [-0.1, -0.05) is 0 Å². The molecule has 0 radical (unpaired) electrons. The molecule has 23 heteroatoms. The van der Waals surface area contributed by atoms with Crippen molar-refractivity contribution in [3.63, 3.8) is 0 Å². The van der Waals surface area contributed by atoms with Crippen molar-refractivity contribution in [2.45, 2.75) is 109 Å². The minimum Gasteiger partial charge on any atom is -0.378 e. The molecule has 2 aliphatic heterocycles. The predicted molar refractivity (Wildman–Crippen MR) is 285 cm³/mol. The first kappa shape index (κ1) is 61.1. The van der Waals surface area contributed by atoms with E-state index in [0.717, 1.165) is 77.5 Å². The van der Waals surface area contributed by atoms with Gasteiger partial charge in [0.1, 0.15) is 0 Å². The van der Waals surface area contributed by atoms with Crippen LogP contribution >= 0.6 is 46.4 Å². The van der Waals surface area contributed by atoms with Crippen molar-refractivity contribution in [1.82, 2.24) is 29.9 Å². The fourth-order valence-electron chi connectivity index (χ4n) is 12.9. The van der Waals surface area contributed by atoms with Crippen molar-refractivity contribution in [2.75, 3.05) is 146 Å². The van der Waals surface area contributed by atoms with Crippen molar-refractivity contribution in [3.8, 4) is 0 Å². The predicted octanol–water partition coefficient (Wildman–Crippen LogP) is 4.95. The van der Waals surface area contributed by atoms with Crippen LogP contribution in [-0.4, -0.2) is 210 Å². The number of amides is 2. The second kappa shape index (κ2) is 31.5. The number of likely N-dealkylation sites (tertiary alicyclic amines) is 2. The second-order valence-corrected chi connectivity index (χ2v) is 27.9. The Balaban J connectivity index is 0.656. The highest BCUT2D eigenvalue weighted by Crippen LogP contribution is 2.50. The molecule has 8 unspecified atom stereocenters.